The molecule has 0 radical (unpaired) electrons. The number of methoxy groups -OCH3 is 1. The van der Waals surface area contributed by atoms with Gasteiger partial charge in [0, 0.05) is 19.6 Å². The highest BCUT2D eigenvalue weighted by Crippen LogP contribution is 2.27. The maximum atomic E-state index is 5.53. The summed E-state index contributed by atoms with van der Waals surface area (Å²) in [5, 5.41) is 3.49. The molecule has 0 saturated carbocycles. The molecule has 1 aromatic rings. The molecule has 21 heavy (non-hydrogen) atoms. The van der Waals surface area contributed by atoms with Crippen LogP contribution in [0.1, 0.15) is 32.8 Å². The smallest absolute Gasteiger partial charge is 0.161 e. The Bertz CT molecular complexity index is 396. The summed E-state index contributed by atoms with van der Waals surface area (Å²) in [4.78, 5) is 2.46. The van der Waals surface area contributed by atoms with Crippen LogP contribution in [0.2, 0.25) is 0 Å². The van der Waals surface area contributed by atoms with Gasteiger partial charge in [-0.25, -0.2) is 0 Å². The van der Waals surface area contributed by atoms with E-state index in [0.717, 1.165) is 37.7 Å². The Labute approximate surface area is 129 Å². The molecule has 0 heterocycles. The van der Waals surface area contributed by atoms with Crippen molar-refractivity contribution >= 4 is 0 Å². The number of likely N-dealkylation sites (N-methyl/N-ethyl adjacent to an activating group) is 1. The first-order valence-corrected chi connectivity index (χ1v) is 7.97. The van der Waals surface area contributed by atoms with Crippen LogP contribution >= 0.6 is 0 Å². The van der Waals surface area contributed by atoms with Crippen molar-refractivity contribution in [3.05, 3.63) is 23.8 Å². The van der Waals surface area contributed by atoms with Crippen LogP contribution in [0, 0.1) is 0 Å². The topological polar surface area (TPSA) is 33.7 Å². The zero-order valence-electron chi connectivity index (χ0n) is 13.9. The maximum Gasteiger partial charge on any atom is 0.161 e. The Kier molecular flexibility index (Phi) is 8.87. The second kappa shape index (κ2) is 10.5. The lowest BCUT2D eigenvalue weighted by Gasteiger charge is -2.19. The highest BCUT2D eigenvalue weighted by Gasteiger charge is 2.05. The number of ether oxygens (including phenoxy) is 2. The molecular weight excluding hydrogens is 264 g/mol. The number of benzene rings is 1. The van der Waals surface area contributed by atoms with Gasteiger partial charge in [0.25, 0.3) is 0 Å². The molecule has 4 heteroatoms. The van der Waals surface area contributed by atoms with Gasteiger partial charge < -0.3 is 19.7 Å². The van der Waals surface area contributed by atoms with E-state index in [2.05, 4.69) is 30.1 Å². The Morgan fingerprint density at radius 1 is 1.10 bits per heavy atom. The third-order valence-corrected chi connectivity index (χ3v) is 3.45. The van der Waals surface area contributed by atoms with Gasteiger partial charge in [0.15, 0.2) is 11.5 Å². The summed E-state index contributed by atoms with van der Waals surface area (Å²) in [6.07, 6.45) is 1.21. The van der Waals surface area contributed by atoms with E-state index >= 15 is 0 Å². The van der Waals surface area contributed by atoms with Crippen LogP contribution in [-0.2, 0) is 6.54 Å². The molecule has 0 aliphatic heterocycles. The highest BCUT2D eigenvalue weighted by atomic mass is 16.5. The molecule has 0 fully saturated rings. The fraction of sp³-hybridized carbons (Fsp3) is 0.647. The van der Waals surface area contributed by atoms with Gasteiger partial charge in [-0.2, -0.15) is 0 Å². The summed E-state index contributed by atoms with van der Waals surface area (Å²) in [5.41, 5.74) is 1.22. The molecule has 0 saturated heterocycles. The number of nitrogens with one attached hydrogen (secondary N) is 1. The van der Waals surface area contributed by atoms with E-state index in [4.69, 9.17) is 9.47 Å². The lowest BCUT2D eigenvalue weighted by atomic mass is 10.2. The Morgan fingerprint density at radius 3 is 2.52 bits per heavy atom. The van der Waals surface area contributed by atoms with Gasteiger partial charge in [-0.1, -0.05) is 19.9 Å². The van der Waals surface area contributed by atoms with Crippen LogP contribution in [-0.4, -0.2) is 44.8 Å². The largest absolute Gasteiger partial charge is 0.493 e. The molecule has 0 bridgehead atoms. The van der Waals surface area contributed by atoms with Gasteiger partial charge in [0.2, 0.25) is 0 Å². The standard InChI is InChI=1S/C17H30N2O2/c1-5-11-19(6-2)12-10-18-14-15-8-9-16(21-7-3)17(13-15)20-4/h8-9,13,18H,5-7,10-12,14H2,1-4H3. The second-order valence-electron chi connectivity index (χ2n) is 5.03. The molecule has 1 aromatic carbocycles. The van der Waals surface area contributed by atoms with E-state index in [0.29, 0.717) is 6.61 Å². The first kappa shape index (κ1) is 17.8. The fourth-order valence-electron chi connectivity index (χ4n) is 2.31. The van der Waals surface area contributed by atoms with Gasteiger partial charge in [-0.3, -0.25) is 0 Å². The number of rotatable bonds is 11. The molecule has 0 unspecified atom stereocenters. The van der Waals surface area contributed by atoms with E-state index in [1.165, 1.54) is 18.5 Å². The molecule has 1 rings (SSSR count). The normalized spacial score (nSPS) is 10.9. The minimum atomic E-state index is 0.651. The summed E-state index contributed by atoms with van der Waals surface area (Å²) >= 11 is 0. The van der Waals surface area contributed by atoms with Crippen LogP contribution in [0.4, 0.5) is 0 Å². The SMILES string of the molecule is CCCN(CC)CCNCc1ccc(OCC)c(OC)c1. The Balaban J connectivity index is 2.41. The fourth-order valence-corrected chi connectivity index (χ4v) is 2.31. The Hall–Kier alpha value is -1.26. The van der Waals surface area contributed by atoms with Crippen molar-refractivity contribution < 1.29 is 9.47 Å². The highest BCUT2D eigenvalue weighted by molar-refractivity contribution is 5.42. The van der Waals surface area contributed by atoms with E-state index in [1.54, 1.807) is 7.11 Å². The lowest BCUT2D eigenvalue weighted by molar-refractivity contribution is 0.287. The zero-order chi connectivity index (χ0) is 15.5. The molecule has 0 aliphatic carbocycles. The average molecular weight is 294 g/mol. The monoisotopic (exact) mass is 294 g/mol. The predicted octanol–water partition coefficient (Wildman–Crippen LogP) is 2.92. The van der Waals surface area contributed by atoms with E-state index in [1.807, 2.05) is 19.1 Å². The summed E-state index contributed by atoms with van der Waals surface area (Å²) in [7, 11) is 1.68. The quantitative estimate of drug-likeness (QED) is 0.636. The van der Waals surface area contributed by atoms with Gasteiger partial charge in [0.05, 0.1) is 13.7 Å². The average Bonchev–Trinajstić information content (AvgIpc) is 2.51. The van der Waals surface area contributed by atoms with Crippen LogP contribution < -0.4 is 14.8 Å². The van der Waals surface area contributed by atoms with Gasteiger partial charge >= 0.3 is 0 Å². The second-order valence-corrected chi connectivity index (χ2v) is 5.03. The summed E-state index contributed by atoms with van der Waals surface area (Å²) in [6.45, 7) is 12.3. The molecule has 1 N–H and O–H groups in total. The van der Waals surface area contributed by atoms with Crippen molar-refractivity contribution in [1.29, 1.82) is 0 Å². The van der Waals surface area contributed by atoms with Crippen molar-refractivity contribution in [3.63, 3.8) is 0 Å². The minimum Gasteiger partial charge on any atom is -0.493 e. The molecule has 0 atom stereocenters. The molecule has 0 amide bonds. The summed E-state index contributed by atoms with van der Waals surface area (Å²) < 4.78 is 10.9. The predicted molar refractivity (Wildman–Crippen MR) is 88.3 cm³/mol. The van der Waals surface area contributed by atoms with Crippen molar-refractivity contribution in [2.24, 2.45) is 0 Å². The van der Waals surface area contributed by atoms with E-state index in [-0.39, 0.29) is 0 Å². The van der Waals surface area contributed by atoms with Crippen LogP contribution in [0.15, 0.2) is 18.2 Å². The molecular formula is C17H30N2O2. The first-order chi connectivity index (χ1) is 10.2. The number of hydrogen-bond donors (Lipinski definition) is 1. The molecule has 0 spiro atoms. The van der Waals surface area contributed by atoms with Crippen LogP contribution in [0.25, 0.3) is 0 Å². The number of hydrogen-bond acceptors (Lipinski definition) is 4. The Morgan fingerprint density at radius 2 is 1.90 bits per heavy atom. The third-order valence-electron chi connectivity index (χ3n) is 3.45. The van der Waals surface area contributed by atoms with Crippen molar-refractivity contribution in [3.8, 4) is 11.5 Å². The van der Waals surface area contributed by atoms with E-state index in [9.17, 15) is 0 Å². The molecule has 4 nitrogen and oxygen atoms in total. The lowest BCUT2D eigenvalue weighted by Crippen LogP contribution is -2.32. The maximum absolute atomic E-state index is 5.53. The van der Waals surface area contributed by atoms with Gasteiger partial charge in [-0.05, 0) is 44.1 Å². The van der Waals surface area contributed by atoms with Crippen molar-refractivity contribution in [2.75, 3.05) is 39.9 Å². The third kappa shape index (κ3) is 6.36. The van der Waals surface area contributed by atoms with E-state index < -0.39 is 0 Å². The van der Waals surface area contributed by atoms with Gasteiger partial charge in [-0.15, -0.1) is 0 Å². The molecule has 0 aliphatic rings. The molecule has 0 aromatic heterocycles. The minimum absolute atomic E-state index is 0.651. The van der Waals surface area contributed by atoms with Crippen molar-refractivity contribution in [1.82, 2.24) is 10.2 Å². The van der Waals surface area contributed by atoms with Crippen LogP contribution in [0.3, 0.4) is 0 Å². The van der Waals surface area contributed by atoms with Gasteiger partial charge in [0.1, 0.15) is 0 Å². The molecule has 120 valence electrons. The van der Waals surface area contributed by atoms with Crippen LogP contribution in [0.5, 0.6) is 11.5 Å². The summed E-state index contributed by atoms with van der Waals surface area (Å²) in [5.74, 6) is 1.61. The van der Waals surface area contributed by atoms with Crippen molar-refractivity contribution in [2.45, 2.75) is 33.7 Å². The first-order valence-electron chi connectivity index (χ1n) is 7.97. The summed E-state index contributed by atoms with van der Waals surface area (Å²) in [6, 6.07) is 6.11. The zero-order valence-corrected chi connectivity index (χ0v) is 13.9. The number of nitrogens with zero attached hydrogens (tertiary/aromatic N) is 1.